The Morgan fingerprint density at radius 2 is 1.95 bits per heavy atom. The van der Waals surface area contributed by atoms with Gasteiger partial charge in [0.1, 0.15) is 17.4 Å². The van der Waals surface area contributed by atoms with Crippen molar-refractivity contribution >= 4 is 17.4 Å². The molecule has 0 heterocycles. The minimum absolute atomic E-state index is 0.128. The molecule has 0 saturated carbocycles. The molecule has 0 fully saturated rings. The molecule has 0 amide bonds. The van der Waals surface area contributed by atoms with Crippen LogP contribution < -0.4 is 4.74 Å². The van der Waals surface area contributed by atoms with E-state index in [0.717, 1.165) is 12.1 Å². The van der Waals surface area contributed by atoms with Gasteiger partial charge in [-0.2, -0.15) is 0 Å². The lowest BCUT2D eigenvalue weighted by atomic mass is 10.0. The van der Waals surface area contributed by atoms with Gasteiger partial charge in [0.25, 0.3) is 0 Å². The number of Topliss-reactive ketones (excluding diaryl/α,β-unsaturated/α-hetero) is 1. The molecule has 0 bridgehead atoms. The highest BCUT2D eigenvalue weighted by molar-refractivity contribution is 6.34. The Labute approximate surface area is 119 Å². The van der Waals surface area contributed by atoms with Gasteiger partial charge in [0.2, 0.25) is 0 Å². The first kappa shape index (κ1) is 14.5. The van der Waals surface area contributed by atoms with Crippen molar-refractivity contribution in [2.45, 2.75) is 6.42 Å². The topological polar surface area (TPSA) is 26.3 Å². The maximum Gasteiger partial charge on any atom is 0.168 e. The second-order valence-corrected chi connectivity index (χ2v) is 4.59. The molecule has 104 valence electrons. The fourth-order valence-corrected chi connectivity index (χ4v) is 2.06. The van der Waals surface area contributed by atoms with Gasteiger partial charge in [0.05, 0.1) is 12.1 Å². The van der Waals surface area contributed by atoms with Crippen molar-refractivity contribution in [3.63, 3.8) is 0 Å². The molecule has 0 saturated heterocycles. The Kier molecular flexibility index (Phi) is 4.35. The van der Waals surface area contributed by atoms with Crippen molar-refractivity contribution in [1.82, 2.24) is 0 Å². The Balaban J connectivity index is 2.24. The van der Waals surface area contributed by atoms with Crippen LogP contribution in [0.5, 0.6) is 5.75 Å². The summed E-state index contributed by atoms with van der Waals surface area (Å²) in [7, 11) is 1.49. The maximum atomic E-state index is 13.5. The monoisotopic (exact) mass is 296 g/mol. The zero-order valence-electron chi connectivity index (χ0n) is 10.6. The number of hydrogen-bond acceptors (Lipinski definition) is 2. The Morgan fingerprint density at radius 3 is 2.55 bits per heavy atom. The van der Waals surface area contributed by atoms with Crippen LogP contribution >= 0.6 is 11.6 Å². The van der Waals surface area contributed by atoms with Gasteiger partial charge in [-0.25, -0.2) is 8.78 Å². The lowest BCUT2D eigenvalue weighted by molar-refractivity contribution is 0.0992. The minimum atomic E-state index is -0.747. The number of carbonyl (C=O) groups excluding carboxylic acids is 1. The van der Waals surface area contributed by atoms with E-state index in [1.54, 1.807) is 6.07 Å². The van der Waals surface area contributed by atoms with Crippen molar-refractivity contribution in [2.75, 3.05) is 7.11 Å². The molecule has 0 radical (unpaired) electrons. The zero-order chi connectivity index (χ0) is 14.7. The summed E-state index contributed by atoms with van der Waals surface area (Å²) in [5, 5.41) is 0.233. The smallest absolute Gasteiger partial charge is 0.168 e. The van der Waals surface area contributed by atoms with Crippen molar-refractivity contribution in [3.05, 3.63) is 64.2 Å². The number of ether oxygens (including phenoxy) is 1. The molecular weight excluding hydrogens is 286 g/mol. The van der Waals surface area contributed by atoms with Crippen LogP contribution in [0.4, 0.5) is 8.78 Å². The van der Waals surface area contributed by atoms with E-state index in [2.05, 4.69) is 0 Å². The summed E-state index contributed by atoms with van der Waals surface area (Å²) >= 11 is 5.98. The third-order valence-electron chi connectivity index (χ3n) is 2.84. The minimum Gasteiger partial charge on any atom is -0.497 e. The van der Waals surface area contributed by atoms with E-state index in [1.165, 1.54) is 25.3 Å². The highest BCUT2D eigenvalue weighted by atomic mass is 35.5. The van der Waals surface area contributed by atoms with Crippen molar-refractivity contribution in [3.8, 4) is 5.75 Å². The van der Waals surface area contributed by atoms with Crippen molar-refractivity contribution < 1.29 is 18.3 Å². The number of benzene rings is 2. The van der Waals surface area contributed by atoms with E-state index in [9.17, 15) is 13.6 Å². The van der Waals surface area contributed by atoms with Gasteiger partial charge in [0.15, 0.2) is 5.78 Å². The molecule has 2 aromatic carbocycles. The lowest BCUT2D eigenvalue weighted by Crippen LogP contribution is -2.06. The average molecular weight is 297 g/mol. The molecule has 5 heteroatoms. The molecule has 2 rings (SSSR count). The maximum absolute atomic E-state index is 13.5. The summed E-state index contributed by atoms with van der Waals surface area (Å²) in [4.78, 5) is 12.1. The average Bonchev–Trinajstić information content (AvgIpc) is 2.41. The Hall–Kier alpha value is -1.94. The first-order chi connectivity index (χ1) is 9.51. The van der Waals surface area contributed by atoms with Gasteiger partial charge >= 0.3 is 0 Å². The SMILES string of the molecule is COc1ccc(C(=O)Cc2ccc(F)cc2F)c(Cl)c1. The van der Waals surface area contributed by atoms with Gasteiger partial charge < -0.3 is 4.74 Å². The van der Waals surface area contributed by atoms with Gasteiger partial charge in [-0.05, 0) is 29.8 Å². The second kappa shape index (κ2) is 6.01. The highest BCUT2D eigenvalue weighted by Crippen LogP contribution is 2.24. The molecular formula is C15H11ClF2O2. The number of halogens is 3. The van der Waals surface area contributed by atoms with Crippen LogP contribution in [0.25, 0.3) is 0 Å². The van der Waals surface area contributed by atoms with Crippen LogP contribution in [0.3, 0.4) is 0 Å². The predicted octanol–water partition coefficient (Wildman–Crippen LogP) is 4.05. The number of ketones is 1. The fourth-order valence-electron chi connectivity index (χ4n) is 1.78. The normalized spacial score (nSPS) is 10.4. The summed E-state index contributed by atoms with van der Waals surface area (Å²) in [6.45, 7) is 0. The third-order valence-corrected chi connectivity index (χ3v) is 3.16. The molecule has 0 aliphatic heterocycles. The summed E-state index contributed by atoms with van der Waals surface area (Å²) in [6, 6.07) is 7.74. The van der Waals surface area contributed by atoms with Crippen LogP contribution in [0.1, 0.15) is 15.9 Å². The van der Waals surface area contributed by atoms with E-state index in [-0.39, 0.29) is 28.4 Å². The van der Waals surface area contributed by atoms with Gasteiger partial charge in [-0.1, -0.05) is 17.7 Å². The molecule has 0 aliphatic carbocycles. The molecule has 0 spiro atoms. The lowest BCUT2D eigenvalue weighted by Gasteiger charge is -2.07. The van der Waals surface area contributed by atoms with E-state index in [4.69, 9.17) is 16.3 Å². The number of carbonyl (C=O) groups is 1. The van der Waals surface area contributed by atoms with Crippen molar-refractivity contribution in [1.29, 1.82) is 0 Å². The molecule has 0 N–H and O–H groups in total. The molecule has 2 nitrogen and oxygen atoms in total. The standard InChI is InChI=1S/C15H11ClF2O2/c1-20-11-4-5-12(13(16)8-11)15(19)6-9-2-3-10(17)7-14(9)18/h2-5,7-8H,6H2,1H3. The van der Waals surface area contributed by atoms with Crippen LogP contribution in [0, 0.1) is 11.6 Å². The first-order valence-electron chi connectivity index (χ1n) is 5.82. The van der Waals surface area contributed by atoms with Gasteiger partial charge in [0, 0.05) is 18.1 Å². The van der Waals surface area contributed by atoms with Crippen LogP contribution in [-0.4, -0.2) is 12.9 Å². The number of hydrogen-bond donors (Lipinski definition) is 0. The summed E-state index contributed by atoms with van der Waals surface area (Å²) in [6.07, 6.45) is -0.182. The Morgan fingerprint density at radius 1 is 1.20 bits per heavy atom. The van der Waals surface area contributed by atoms with E-state index in [0.29, 0.717) is 5.75 Å². The van der Waals surface area contributed by atoms with E-state index >= 15 is 0 Å². The van der Waals surface area contributed by atoms with Crippen LogP contribution in [-0.2, 0) is 6.42 Å². The molecule has 0 atom stereocenters. The molecule has 0 aromatic heterocycles. The van der Waals surface area contributed by atoms with E-state index in [1.807, 2.05) is 0 Å². The van der Waals surface area contributed by atoms with Gasteiger partial charge in [-0.15, -0.1) is 0 Å². The Bertz CT molecular complexity index is 656. The molecule has 0 unspecified atom stereocenters. The number of rotatable bonds is 4. The molecule has 2 aromatic rings. The van der Waals surface area contributed by atoms with Crippen molar-refractivity contribution in [2.24, 2.45) is 0 Å². The molecule has 0 aliphatic rings. The quantitative estimate of drug-likeness (QED) is 0.796. The summed E-state index contributed by atoms with van der Waals surface area (Å²) in [5.41, 5.74) is 0.402. The second-order valence-electron chi connectivity index (χ2n) is 4.18. The first-order valence-corrected chi connectivity index (χ1v) is 6.19. The summed E-state index contributed by atoms with van der Waals surface area (Å²) < 4.78 is 31.3. The number of methoxy groups -OCH3 is 1. The van der Waals surface area contributed by atoms with Crippen LogP contribution in [0.2, 0.25) is 5.02 Å². The fraction of sp³-hybridized carbons (Fsp3) is 0.133. The summed E-state index contributed by atoms with van der Waals surface area (Å²) in [5.74, 6) is -1.24. The molecule has 20 heavy (non-hydrogen) atoms. The van der Waals surface area contributed by atoms with Gasteiger partial charge in [-0.3, -0.25) is 4.79 Å². The third kappa shape index (κ3) is 3.14. The zero-order valence-corrected chi connectivity index (χ0v) is 11.4. The van der Waals surface area contributed by atoms with Crippen LogP contribution in [0.15, 0.2) is 36.4 Å². The highest BCUT2D eigenvalue weighted by Gasteiger charge is 2.14. The predicted molar refractivity (Wildman–Crippen MR) is 72.4 cm³/mol. The largest absolute Gasteiger partial charge is 0.497 e. The van der Waals surface area contributed by atoms with E-state index < -0.39 is 11.6 Å².